The highest BCUT2D eigenvalue weighted by atomic mass is 19.1. The van der Waals surface area contributed by atoms with Gasteiger partial charge in [0.05, 0.1) is 6.10 Å². The summed E-state index contributed by atoms with van der Waals surface area (Å²) < 4.78 is 22.5. The van der Waals surface area contributed by atoms with Gasteiger partial charge in [-0.15, -0.1) is 0 Å². The topological polar surface area (TPSA) is 69.4 Å². The van der Waals surface area contributed by atoms with Gasteiger partial charge in [-0.05, 0) is 63.5 Å². The second kappa shape index (κ2) is 10.1. The van der Waals surface area contributed by atoms with Crippen LogP contribution in [0.3, 0.4) is 0 Å². The van der Waals surface area contributed by atoms with E-state index in [1.54, 1.807) is 20.0 Å². The van der Waals surface area contributed by atoms with Gasteiger partial charge < -0.3 is 4.74 Å². The molecule has 2 unspecified atom stereocenters. The number of aryl methyl sites for hydroxylation is 2. The van der Waals surface area contributed by atoms with Gasteiger partial charge in [-0.25, -0.2) is 18.5 Å². The Labute approximate surface area is 187 Å². The summed E-state index contributed by atoms with van der Waals surface area (Å²) in [5, 5.41) is 0. The van der Waals surface area contributed by atoms with Crippen LogP contribution >= 0.6 is 0 Å². The van der Waals surface area contributed by atoms with Crippen molar-refractivity contribution >= 4 is 0 Å². The standard InChI is InChI=1S/C24H33FN4O3/c1-17-26-23(30)29(24(31)27(17)2)13-6-12-28-19-10-11-20(28)16-21(15-19)32-14-5-8-18-7-3-4-9-22(18)25/h3-4,7,9,19-21H,5-6,8,10-16H2,1-2H3. The first kappa shape index (κ1) is 22.9. The number of rotatable bonds is 9. The number of hydrogen-bond acceptors (Lipinski definition) is 5. The second-order valence-corrected chi connectivity index (χ2v) is 9.07. The van der Waals surface area contributed by atoms with Gasteiger partial charge in [0.2, 0.25) is 0 Å². The first-order valence-electron chi connectivity index (χ1n) is 11.7. The molecule has 174 valence electrons. The highest BCUT2D eigenvalue weighted by Gasteiger charge is 2.40. The third-order valence-corrected chi connectivity index (χ3v) is 7.03. The molecular weight excluding hydrogens is 411 g/mol. The zero-order valence-corrected chi connectivity index (χ0v) is 19.0. The summed E-state index contributed by atoms with van der Waals surface area (Å²) in [7, 11) is 1.64. The van der Waals surface area contributed by atoms with Gasteiger partial charge in [-0.2, -0.15) is 4.98 Å². The van der Waals surface area contributed by atoms with Crippen molar-refractivity contribution in [2.45, 2.75) is 76.6 Å². The molecule has 8 heteroatoms. The van der Waals surface area contributed by atoms with Crippen LogP contribution in [-0.2, 0) is 24.8 Å². The maximum atomic E-state index is 13.7. The zero-order valence-electron chi connectivity index (χ0n) is 19.0. The minimum atomic E-state index is -0.462. The molecule has 0 spiro atoms. The van der Waals surface area contributed by atoms with Crippen LogP contribution in [0.2, 0.25) is 0 Å². The molecule has 0 radical (unpaired) electrons. The average molecular weight is 445 g/mol. The van der Waals surface area contributed by atoms with E-state index in [-0.39, 0.29) is 17.6 Å². The molecule has 3 heterocycles. The van der Waals surface area contributed by atoms with E-state index in [9.17, 15) is 14.0 Å². The Kier molecular flexibility index (Phi) is 7.20. The van der Waals surface area contributed by atoms with Gasteiger partial charge in [0.1, 0.15) is 11.6 Å². The molecule has 4 rings (SSSR count). The first-order chi connectivity index (χ1) is 15.4. The number of benzene rings is 1. The number of fused-ring (bicyclic) bond motifs is 2. The van der Waals surface area contributed by atoms with Crippen LogP contribution in [0.15, 0.2) is 33.9 Å². The van der Waals surface area contributed by atoms with Gasteiger partial charge in [0, 0.05) is 38.8 Å². The van der Waals surface area contributed by atoms with Gasteiger partial charge in [-0.3, -0.25) is 9.47 Å². The van der Waals surface area contributed by atoms with E-state index >= 15 is 0 Å². The van der Waals surface area contributed by atoms with E-state index < -0.39 is 5.69 Å². The van der Waals surface area contributed by atoms with Crippen LogP contribution in [0.25, 0.3) is 0 Å². The second-order valence-electron chi connectivity index (χ2n) is 9.07. The Hall–Kier alpha value is -2.32. The van der Waals surface area contributed by atoms with Crippen molar-refractivity contribution in [3.63, 3.8) is 0 Å². The molecule has 2 bridgehead atoms. The number of aromatic nitrogens is 3. The van der Waals surface area contributed by atoms with Crippen LogP contribution in [0.1, 0.15) is 49.9 Å². The molecule has 1 aromatic heterocycles. The molecule has 0 saturated carbocycles. The lowest BCUT2D eigenvalue weighted by atomic mass is 9.99. The van der Waals surface area contributed by atoms with E-state index in [1.807, 2.05) is 12.1 Å². The third-order valence-electron chi connectivity index (χ3n) is 7.03. The van der Waals surface area contributed by atoms with Crippen molar-refractivity contribution in [2.75, 3.05) is 13.2 Å². The highest BCUT2D eigenvalue weighted by Crippen LogP contribution is 2.37. The Bertz CT molecular complexity index is 1040. The number of piperidine rings is 1. The van der Waals surface area contributed by atoms with Gasteiger partial charge in [-0.1, -0.05) is 18.2 Å². The Morgan fingerprint density at radius 1 is 1.09 bits per heavy atom. The fraction of sp³-hybridized carbons (Fsp3) is 0.625. The number of nitrogens with zero attached hydrogens (tertiary/aromatic N) is 4. The molecule has 2 atom stereocenters. The van der Waals surface area contributed by atoms with Gasteiger partial charge in [0.25, 0.3) is 0 Å². The molecule has 2 fully saturated rings. The summed E-state index contributed by atoms with van der Waals surface area (Å²) in [5.41, 5.74) is -0.00673. The number of halogens is 1. The summed E-state index contributed by atoms with van der Waals surface area (Å²) in [6.07, 6.45) is 6.92. The average Bonchev–Trinajstić information content (AvgIpc) is 3.00. The van der Waals surface area contributed by atoms with Gasteiger partial charge >= 0.3 is 11.4 Å². The fourth-order valence-corrected chi connectivity index (χ4v) is 5.22. The lowest BCUT2D eigenvalue weighted by Gasteiger charge is -2.39. The van der Waals surface area contributed by atoms with Crippen molar-refractivity contribution < 1.29 is 9.13 Å². The van der Waals surface area contributed by atoms with Crippen LogP contribution in [-0.4, -0.2) is 50.4 Å². The van der Waals surface area contributed by atoms with Crippen LogP contribution in [0.5, 0.6) is 0 Å². The largest absolute Gasteiger partial charge is 0.378 e. The quantitative estimate of drug-likeness (QED) is 0.556. The van der Waals surface area contributed by atoms with E-state index in [0.717, 1.165) is 37.8 Å². The third kappa shape index (κ3) is 5.02. The van der Waals surface area contributed by atoms with E-state index in [0.29, 0.717) is 37.5 Å². The predicted octanol–water partition coefficient (Wildman–Crippen LogP) is 2.42. The lowest BCUT2D eigenvalue weighted by Crippen LogP contribution is -2.47. The van der Waals surface area contributed by atoms with Crippen molar-refractivity contribution in [3.8, 4) is 0 Å². The molecule has 0 N–H and O–H groups in total. The molecule has 2 aliphatic heterocycles. The minimum absolute atomic E-state index is 0.139. The van der Waals surface area contributed by atoms with Crippen LogP contribution in [0, 0.1) is 12.7 Å². The van der Waals surface area contributed by atoms with Crippen molar-refractivity contribution in [1.82, 2.24) is 19.0 Å². The number of ether oxygens (including phenoxy) is 1. The molecule has 0 amide bonds. The number of hydrogen-bond donors (Lipinski definition) is 0. The predicted molar refractivity (Wildman–Crippen MR) is 120 cm³/mol. The normalized spacial score (nSPS) is 23.0. The summed E-state index contributed by atoms with van der Waals surface area (Å²) in [6, 6.07) is 7.93. The maximum absolute atomic E-state index is 13.7. The van der Waals surface area contributed by atoms with E-state index in [2.05, 4.69) is 9.88 Å². The van der Waals surface area contributed by atoms with Crippen LogP contribution < -0.4 is 11.4 Å². The minimum Gasteiger partial charge on any atom is -0.378 e. The SMILES string of the molecule is Cc1nc(=O)n(CCCN2C3CCC2CC(OCCCc2ccccc2F)C3)c(=O)n1C. The van der Waals surface area contributed by atoms with Crippen molar-refractivity contribution in [2.24, 2.45) is 7.05 Å². The van der Waals surface area contributed by atoms with Gasteiger partial charge in [0.15, 0.2) is 0 Å². The molecule has 7 nitrogen and oxygen atoms in total. The fourth-order valence-electron chi connectivity index (χ4n) is 5.22. The van der Waals surface area contributed by atoms with Crippen LogP contribution in [0.4, 0.5) is 4.39 Å². The summed E-state index contributed by atoms with van der Waals surface area (Å²) in [4.78, 5) is 30.9. The zero-order chi connectivity index (χ0) is 22.7. The molecule has 0 aliphatic carbocycles. The summed E-state index contributed by atoms with van der Waals surface area (Å²) >= 11 is 0. The van der Waals surface area contributed by atoms with Crippen molar-refractivity contribution in [1.29, 1.82) is 0 Å². The Morgan fingerprint density at radius 2 is 1.81 bits per heavy atom. The highest BCUT2D eigenvalue weighted by molar-refractivity contribution is 5.17. The Morgan fingerprint density at radius 3 is 2.53 bits per heavy atom. The smallest absolute Gasteiger partial charge is 0.353 e. The molecule has 2 saturated heterocycles. The molecular formula is C24H33FN4O3. The monoisotopic (exact) mass is 444 g/mol. The van der Waals surface area contributed by atoms with E-state index in [4.69, 9.17) is 4.74 Å². The van der Waals surface area contributed by atoms with E-state index in [1.165, 1.54) is 28.0 Å². The first-order valence-corrected chi connectivity index (χ1v) is 11.7. The maximum Gasteiger partial charge on any atom is 0.353 e. The van der Waals surface area contributed by atoms with Crippen molar-refractivity contribution in [3.05, 3.63) is 62.4 Å². The molecule has 2 aliphatic rings. The molecule has 2 aromatic rings. The molecule has 32 heavy (non-hydrogen) atoms. The molecule has 1 aromatic carbocycles. The summed E-state index contributed by atoms with van der Waals surface area (Å²) in [5.74, 6) is 0.297. The lowest BCUT2D eigenvalue weighted by molar-refractivity contribution is -0.0210. The summed E-state index contributed by atoms with van der Waals surface area (Å²) in [6.45, 7) is 3.59. The Balaban J connectivity index is 1.23.